The monoisotopic (exact) mass is 596 g/mol. The smallest absolute Gasteiger partial charge is 0.306 e. The number of carbonyl (C=O) groups excluding carboxylic acids is 2. The van der Waals surface area contributed by atoms with Gasteiger partial charge < -0.3 is 14.6 Å². The van der Waals surface area contributed by atoms with Crippen LogP contribution < -0.4 is 0 Å². The second kappa shape index (κ2) is 33.6. The van der Waals surface area contributed by atoms with Gasteiger partial charge in [0.15, 0.2) is 6.10 Å². The van der Waals surface area contributed by atoms with Gasteiger partial charge in [-0.15, -0.1) is 0 Å². The summed E-state index contributed by atoms with van der Waals surface area (Å²) in [4.78, 5) is 24.1. The lowest BCUT2D eigenvalue weighted by atomic mass is 10.1. The summed E-state index contributed by atoms with van der Waals surface area (Å²) in [6.45, 7) is 3.80. The molecule has 242 valence electrons. The summed E-state index contributed by atoms with van der Waals surface area (Å²) in [6, 6.07) is 0. The third-order valence-corrected chi connectivity index (χ3v) is 6.53. The SMILES string of the molecule is CC/C=C/C=C/C=C/C=C/CCCCCC(=O)OCC(CO)OC(=O)CCCCCCCC/C=C/C/C=C/C/C=C/CC. The summed E-state index contributed by atoms with van der Waals surface area (Å²) in [5.74, 6) is -0.664. The van der Waals surface area contributed by atoms with E-state index in [0.29, 0.717) is 12.8 Å². The highest BCUT2D eigenvalue weighted by Crippen LogP contribution is 2.11. The van der Waals surface area contributed by atoms with Crippen molar-refractivity contribution in [1.29, 1.82) is 0 Å². The van der Waals surface area contributed by atoms with E-state index in [0.717, 1.165) is 77.0 Å². The fraction of sp³-hybridized carbons (Fsp3) is 0.579. The molecular formula is C38H60O5. The quantitative estimate of drug-likeness (QED) is 0.0421. The first-order chi connectivity index (χ1) is 21.1. The number of unbranched alkanes of at least 4 members (excludes halogenated alkanes) is 9. The molecule has 0 amide bonds. The molecule has 43 heavy (non-hydrogen) atoms. The zero-order valence-electron chi connectivity index (χ0n) is 27.2. The third kappa shape index (κ3) is 31.8. The van der Waals surface area contributed by atoms with E-state index >= 15 is 0 Å². The summed E-state index contributed by atoms with van der Waals surface area (Å²) in [7, 11) is 0. The second-order valence-electron chi connectivity index (χ2n) is 10.6. The van der Waals surface area contributed by atoms with E-state index in [1.54, 1.807) is 0 Å². The summed E-state index contributed by atoms with van der Waals surface area (Å²) in [6.07, 6.45) is 44.9. The van der Waals surface area contributed by atoms with Crippen LogP contribution in [0.3, 0.4) is 0 Å². The summed E-state index contributed by atoms with van der Waals surface area (Å²) in [5.41, 5.74) is 0. The molecule has 0 rings (SSSR count). The zero-order chi connectivity index (χ0) is 31.5. The van der Waals surface area contributed by atoms with Gasteiger partial charge in [-0.1, -0.05) is 131 Å². The Hall–Kier alpha value is -2.92. The highest BCUT2D eigenvalue weighted by atomic mass is 16.6. The lowest BCUT2D eigenvalue weighted by Gasteiger charge is -2.15. The lowest BCUT2D eigenvalue weighted by Crippen LogP contribution is -2.28. The Morgan fingerprint density at radius 1 is 0.558 bits per heavy atom. The molecule has 1 atom stereocenters. The van der Waals surface area contributed by atoms with Crippen molar-refractivity contribution in [3.05, 3.63) is 85.1 Å². The fourth-order valence-corrected chi connectivity index (χ4v) is 4.05. The Kier molecular flexibility index (Phi) is 31.3. The number of aliphatic hydroxyl groups is 1. The van der Waals surface area contributed by atoms with E-state index in [1.807, 2.05) is 36.5 Å². The van der Waals surface area contributed by atoms with Crippen LogP contribution in [0.4, 0.5) is 0 Å². The predicted octanol–water partition coefficient (Wildman–Crippen LogP) is 10.00. The molecule has 0 saturated carbocycles. The van der Waals surface area contributed by atoms with Crippen molar-refractivity contribution in [3.63, 3.8) is 0 Å². The molecule has 0 aliphatic rings. The summed E-state index contributed by atoms with van der Waals surface area (Å²) < 4.78 is 10.5. The normalized spacial score (nSPS) is 13.3. The van der Waals surface area contributed by atoms with Crippen molar-refractivity contribution in [1.82, 2.24) is 0 Å². The van der Waals surface area contributed by atoms with Gasteiger partial charge in [0.25, 0.3) is 0 Å². The molecular weight excluding hydrogens is 536 g/mol. The molecule has 0 aliphatic carbocycles. The van der Waals surface area contributed by atoms with Crippen LogP contribution >= 0.6 is 0 Å². The van der Waals surface area contributed by atoms with E-state index < -0.39 is 6.10 Å². The minimum absolute atomic E-state index is 0.0974. The molecule has 0 saturated heterocycles. The maximum absolute atomic E-state index is 12.1. The number of aliphatic hydroxyl groups excluding tert-OH is 1. The number of ether oxygens (including phenoxy) is 2. The average molecular weight is 597 g/mol. The van der Waals surface area contributed by atoms with E-state index in [2.05, 4.69) is 62.5 Å². The number of rotatable bonds is 28. The molecule has 0 spiro atoms. The van der Waals surface area contributed by atoms with Crippen LogP contribution in [0.2, 0.25) is 0 Å². The van der Waals surface area contributed by atoms with Crippen LogP contribution in [0.15, 0.2) is 85.1 Å². The Balaban J connectivity index is 3.71. The minimum atomic E-state index is -0.798. The molecule has 1 unspecified atom stereocenters. The van der Waals surface area contributed by atoms with E-state index in [4.69, 9.17) is 9.47 Å². The molecule has 0 radical (unpaired) electrons. The minimum Gasteiger partial charge on any atom is -0.462 e. The molecule has 5 nitrogen and oxygen atoms in total. The van der Waals surface area contributed by atoms with Gasteiger partial charge >= 0.3 is 11.9 Å². The largest absolute Gasteiger partial charge is 0.462 e. The van der Waals surface area contributed by atoms with E-state index in [9.17, 15) is 14.7 Å². The third-order valence-electron chi connectivity index (χ3n) is 6.53. The van der Waals surface area contributed by atoms with Crippen LogP contribution in [-0.2, 0) is 19.1 Å². The second-order valence-corrected chi connectivity index (χ2v) is 10.6. The van der Waals surface area contributed by atoms with Gasteiger partial charge in [0.2, 0.25) is 0 Å². The molecule has 0 aromatic rings. The van der Waals surface area contributed by atoms with Crippen molar-refractivity contribution in [2.45, 2.75) is 129 Å². The topological polar surface area (TPSA) is 72.8 Å². The number of carbonyl (C=O) groups is 2. The van der Waals surface area contributed by atoms with E-state index in [1.165, 1.54) is 19.3 Å². The standard InChI is InChI=1S/C38H60O5/c1-3-5-7-9-11-13-15-17-18-19-21-23-25-27-29-31-33-38(41)43-36(34-39)35-42-37(40)32-30-28-26-24-22-20-16-14-12-10-8-6-4-2/h5-8,10-14,16-18,20,22,36,39H,3-4,9,15,19,21,23-35H2,1-2H3/b7-5+,8-6+,12-10+,13-11+,16-14+,18-17+,22-20+. The highest BCUT2D eigenvalue weighted by molar-refractivity contribution is 5.70. The number of hydrogen-bond donors (Lipinski definition) is 1. The van der Waals surface area contributed by atoms with Crippen LogP contribution in [0.5, 0.6) is 0 Å². The molecule has 5 heteroatoms. The first-order valence-corrected chi connectivity index (χ1v) is 16.7. The van der Waals surface area contributed by atoms with Gasteiger partial charge in [0.1, 0.15) is 6.61 Å². The number of hydrogen-bond acceptors (Lipinski definition) is 5. The molecule has 0 aromatic carbocycles. The van der Waals surface area contributed by atoms with Gasteiger partial charge in [-0.25, -0.2) is 0 Å². The molecule has 0 fully saturated rings. The lowest BCUT2D eigenvalue weighted by molar-refractivity contribution is -0.161. The molecule has 0 heterocycles. The van der Waals surface area contributed by atoms with Gasteiger partial charge in [-0.2, -0.15) is 0 Å². The molecule has 1 N–H and O–H groups in total. The van der Waals surface area contributed by atoms with Gasteiger partial charge in [-0.3, -0.25) is 9.59 Å². The van der Waals surface area contributed by atoms with Crippen molar-refractivity contribution < 1.29 is 24.2 Å². The zero-order valence-corrected chi connectivity index (χ0v) is 27.2. The van der Waals surface area contributed by atoms with E-state index in [-0.39, 0.29) is 25.2 Å². The summed E-state index contributed by atoms with van der Waals surface area (Å²) in [5, 5.41) is 9.50. The number of esters is 2. The maximum Gasteiger partial charge on any atom is 0.306 e. The first kappa shape index (κ1) is 40.1. The van der Waals surface area contributed by atoms with Crippen molar-refractivity contribution in [3.8, 4) is 0 Å². The average Bonchev–Trinajstić information content (AvgIpc) is 3.01. The Bertz CT molecular complexity index is 860. The van der Waals surface area contributed by atoms with Gasteiger partial charge in [0, 0.05) is 12.8 Å². The predicted molar refractivity (Wildman–Crippen MR) is 182 cm³/mol. The Morgan fingerprint density at radius 2 is 1.05 bits per heavy atom. The summed E-state index contributed by atoms with van der Waals surface area (Å²) >= 11 is 0. The molecule has 0 aromatic heterocycles. The number of allylic oxidation sites excluding steroid dienone is 14. The Morgan fingerprint density at radius 3 is 1.70 bits per heavy atom. The van der Waals surface area contributed by atoms with Gasteiger partial charge in [0.05, 0.1) is 6.61 Å². The van der Waals surface area contributed by atoms with Crippen LogP contribution in [0, 0.1) is 0 Å². The highest BCUT2D eigenvalue weighted by Gasteiger charge is 2.16. The van der Waals surface area contributed by atoms with Crippen LogP contribution in [0.1, 0.15) is 123 Å². The van der Waals surface area contributed by atoms with Crippen molar-refractivity contribution in [2.75, 3.05) is 13.2 Å². The molecule has 0 aliphatic heterocycles. The van der Waals surface area contributed by atoms with Gasteiger partial charge in [-0.05, 0) is 64.2 Å². The van der Waals surface area contributed by atoms with Crippen LogP contribution in [-0.4, -0.2) is 36.4 Å². The maximum atomic E-state index is 12.1. The fourth-order valence-electron chi connectivity index (χ4n) is 4.05. The van der Waals surface area contributed by atoms with Crippen molar-refractivity contribution in [2.24, 2.45) is 0 Å². The molecule has 0 bridgehead atoms. The van der Waals surface area contributed by atoms with Crippen LogP contribution in [0.25, 0.3) is 0 Å². The first-order valence-electron chi connectivity index (χ1n) is 16.7. The Labute approximate surface area is 263 Å². The van der Waals surface area contributed by atoms with Crippen molar-refractivity contribution >= 4 is 11.9 Å².